The number of benzene rings is 2. The van der Waals surface area contributed by atoms with Crippen LogP contribution in [0.25, 0.3) is 10.1 Å². The van der Waals surface area contributed by atoms with Crippen LogP contribution < -0.4 is 0 Å². The van der Waals surface area contributed by atoms with E-state index in [1.54, 1.807) is 12.1 Å². The summed E-state index contributed by atoms with van der Waals surface area (Å²) in [4.78, 5) is 13.0. The summed E-state index contributed by atoms with van der Waals surface area (Å²) in [6.45, 7) is 2.00. The van der Waals surface area contributed by atoms with Crippen molar-refractivity contribution >= 4 is 27.2 Å². The molecule has 0 amide bonds. The van der Waals surface area contributed by atoms with E-state index in [1.807, 2.05) is 31.2 Å². The molecule has 0 spiro atoms. The van der Waals surface area contributed by atoms with Gasteiger partial charge < -0.3 is 0 Å². The first-order valence-electron chi connectivity index (χ1n) is 6.40. The lowest BCUT2D eigenvalue weighted by Gasteiger charge is -2.03. The van der Waals surface area contributed by atoms with Gasteiger partial charge in [0.1, 0.15) is 5.82 Å². The predicted octanol–water partition coefficient (Wildman–Crippen LogP) is 4.77. The fraction of sp³-hybridized carbons (Fsp3) is 0.118. The lowest BCUT2D eigenvalue weighted by molar-refractivity contribution is 0.0996. The van der Waals surface area contributed by atoms with Gasteiger partial charge in [0.15, 0.2) is 5.78 Å². The number of aryl methyl sites for hydroxylation is 1. The van der Waals surface area contributed by atoms with E-state index in [9.17, 15) is 9.18 Å². The number of hydrogen-bond acceptors (Lipinski definition) is 2. The number of fused-ring (bicyclic) bond motifs is 1. The second kappa shape index (κ2) is 5.17. The maximum atomic E-state index is 13.2. The minimum Gasteiger partial charge on any atom is -0.293 e. The van der Waals surface area contributed by atoms with Gasteiger partial charge in [-0.2, -0.15) is 0 Å². The first-order chi connectivity index (χ1) is 9.63. The fourth-order valence-corrected chi connectivity index (χ4v) is 3.20. The van der Waals surface area contributed by atoms with Crippen molar-refractivity contribution in [3.63, 3.8) is 0 Å². The van der Waals surface area contributed by atoms with Gasteiger partial charge in [-0.05, 0) is 47.7 Å². The standard InChI is InChI=1S/C17H13FOS/c1-11-4-2-3-5-12(11)9-15(19)17-10-13-8-14(18)6-7-16(13)20-17/h2-8,10H,9H2,1H3. The summed E-state index contributed by atoms with van der Waals surface area (Å²) in [5.41, 5.74) is 2.16. The molecule has 3 rings (SSSR count). The van der Waals surface area contributed by atoms with Gasteiger partial charge in [-0.1, -0.05) is 24.3 Å². The third-order valence-electron chi connectivity index (χ3n) is 3.37. The number of rotatable bonds is 3. The summed E-state index contributed by atoms with van der Waals surface area (Å²) in [7, 11) is 0. The van der Waals surface area contributed by atoms with Crippen molar-refractivity contribution < 1.29 is 9.18 Å². The Kier molecular flexibility index (Phi) is 3.36. The lowest BCUT2D eigenvalue weighted by atomic mass is 10.0. The zero-order valence-corrected chi connectivity index (χ0v) is 11.8. The topological polar surface area (TPSA) is 17.1 Å². The molecule has 3 heteroatoms. The quantitative estimate of drug-likeness (QED) is 0.633. The second-order valence-electron chi connectivity index (χ2n) is 4.82. The summed E-state index contributed by atoms with van der Waals surface area (Å²) < 4.78 is 14.1. The van der Waals surface area contributed by atoms with Gasteiger partial charge in [0.05, 0.1) is 4.88 Å². The molecule has 0 aliphatic rings. The van der Waals surface area contributed by atoms with Gasteiger partial charge >= 0.3 is 0 Å². The molecule has 0 aliphatic carbocycles. The van der Waals surface area contributed by atoms with Crippen LogP contribution in [-0.2, 0) is 6.42 Å². The molecule has 1 heterocycles. The van der Waals surface area contributed by atoms with Crippen LogP contribution in [0.4, 0.5) is 4.39 Å². The Hall–Kier alpha value is -2.00. The minimum atomic E-state index is -0.270. The summed E-state index contributed by atoms with van der Waals surface area (Å²) in [6.07, 6.45) is 0.391. The SMILES string of the molecule is Cc1ccccc1CC(=O)c1cc2cc(F)ccc2s1. The van der Waals surface area contributed by atoms with E-state index in [-0.39, 0.29) is 11.6 Å². The average molecular weight is 284 g/mol. The first kappa shape index (κ1) is 13.0. The van der Waals surface area contributed by atoms with E-state index < -0.39 is 0 Å². The highest BCUT2D eigenvalue weighted by Crippen LogP contribution is 2.27. The Labute approximate surface area is 120 Å². The van der Waals surface area contributed by atoms with Gasteiger partial charge in [0, 0.05) is 11.1 Å². The van der Waals surface area contributed by atoms with E-state index in [4.69, 9.17) is 0 Å². The lowest BCUT2D eigenvalue weighted by Crippen LogP contribution is -2.02. The number of hydrogen-bond donors (Lipinski definition) is 0. The molecule has 2 aromatic carbocycles. The smallest absolute Gasteiger partial charge is 0.177 e. The molecular formula is C17H13FOS. The second-order valence-corrected chi connectivity index (χ2v) is 5.90. The Morgan fingerprint density at radius 3 is 2.75 bits per heavy atom. The normalized spacial score (nSPS) is 10.9. The van der Waals surface area contributed by atoms with Gasteiger partial charge in [-0.3, -0.25) is 4.79 Å². The fourth-order valence-electron chi connectivity index (χ4n) is 2.22. The molecule has 0 atom stereocenters. The molecule has 0 saturated carbocycles. The predicted molar refractivity (Wildman–Crippen MR) is 81.0 cm³/mol. The van der Waals surface area contributed by atoms with Crippen LogP contribution in [0, 0.1) is 12.7 Å². The number of carbonyl (C=O) groups excluding carboxylic acids is 1. The summed E-state index contributed by atoms with van der Waals surface area (Å²) in [6, 6.07) is 14.3. The minimum absolute atomic E-state index is 0.0842. The molecule has 1 nitrogen and oxygen atoms in total. The molecule has 0 saturated heterocycles. The van der Waals surface area contributed by atoms with Gasteiger partial charge in [0.25, 0.3) is 0 Å². The van der Waals surface area contributed by atoms with E-state index in [2.05, 4.69) is 0 Å². The molecule has 0 N–H and O–H groups in total. The third kappa shape index (κ3) is 2.49. The zero-order chi connectivity index (χ0) is 14.1. The maximum absolute atomic E-state index is 13.2. The molecule has 20 heavy (non-hydrogen) atoms. The largest absolute Gasteiger partial charge is 0.293 e. The van der Waals surface area contributed by atoms with Crippen molar-refractivity contribution in [3.8, 4) is 0 Å². The molecule has 3 aromatic rings. The Morgan fingerprint density at radius 2 is 1.95 bits per heavy atom. The van der Waals surface area contributed by atoms with Crippen LogP contribution in [0.2, 0.25) is 0 Å². The molecule has 0 fully saturated rings. The Morgan fingerprint density at radius 1 is 1.15 bits per heavy atom. The van der Waals surface area contributed by atoms with E-state index in [0.29, 0.717) is 11.3 Å². The molecule has 0 bridgehead atoms. The third-order valence-corrected chi connectivity index (χ3v) is 4.52. The highest BCUT2D eigenvalue weighted by atomic mass is 32.1. The van der Waals surface area contributed by atoms with Gasteiger partial charge in [-0.15, -0.1) is 11.3 Å². The molecule has 100 valence electrons. The highest BCUT2D eigenvalue weighted by molar-refractivity contribution is 7.20. The van der Waals surface area contributed by atoms with E-state index in [1.165, 1.54) is 23.5 Å². The highest BCUT2D eigenvalue weighted by Gasteiger charge is 2.12. The Balaban J connectivity index is 1.91. The monoisotopic (exact) mass is 284 g/mol. The van der Waals surface area contributed by atoms with Crippen LogP contribution >= 0.6 is 11.3 Å². The van der Waals surface area contributed by atoms with Crippen LogP contribution in [0.3, 0.4) is 0 Å². The molecule has 0 radical (unpaired) electrons. The van der Waals surface area contributed by atoms with E-state index in [0.717, 1.165) is 21.2 Å². The molecule has 1 aromatic heterocycles. The average Bonchev–Trinajstić information content (AvgIpc) is 2.84. The van der Waals surface area contributed by atoms with Crippen molar-refractivity contribution in [2.75, 3.05) is 0 Å². The number of halogens is 1. The van der Waals surface area contributed by atoms with Crippen molar-refractivity contribution in [3.05, 3.63) is 70.4 Å². The number of carbonyl (C=O) groups is 1. The molecular weight excluding hydrogens is 271 g/mol. The Bertz CT molecular complexity index is 789. The van der Waals surface area contributed by atoms with E-state index >= 15 is 0 Å². The van der Waals surface area contributed by atoms with Crippen LogP contribution in [0.5, 0.6) is 0 Å². The molecule has 0 aliphatic heterocycles. The number of Topliss-reactive ketones (excluding diaryl/α,β-unsaturated/α-hetero) is 1. The van der Waals surface area contributed by atoms with Gasteiger partial charge in [-0.25, -0.2) is 4.39 Å². The zero-order valence-electron chi connectivity index (χ0n) is 11.0. The van der Waals surface area contributed by atoms with Crippen molar-refractivity contribution in [2.24, 2.45) is 0 Å². The van der Waals surface area contributed by atoms with Gasteiger partial charge in [0.2, 0.25) is 0 Å². The molecule has 0 unspecified atom stereocenters. The van der Waals surface area contributed by atoms with Crippen LogP contribution in [-0.4, -0.2) is 5.78 Å². The first-order valence-corrected chi connectivity index (χ1v) is 7.22. The summed E-state index contributed by atoms with van der Waals surface area (Å²) in [5, 5.41) is 0.795. The van der Waals surface area contributed by atoms with Crippen molar-refractivity contribution in [1.82, 2.24) is 0 Å². The van der Waals surface area contributed by atoms with Crippen molar-refractivity contribution in [1.29, 1.82) is 0 Å². The summed E-state index contributed by atoms with van der Waals surface area (Å²) >= 11 is 1.42. The maximum Gasteiger partial charge on any atom is 0.177 e. The van der Waals surface area contributed by atoms with Crippen molar-refractivity contribution in [2.45, 2.75) is 13.3 Å². The van der Waals surface area contributed by atoms with Crippen LogP contribution in [0.1, 0.15) is 20.8 Å². The van der Waals surface area contributed by atoms with Crippen LogP contribution in [0.15, 0.2) is 48.5 Å². The number of thiophene rings is 1. The number of ketones is 1. The summed E-state index contributed by atoms with van der Waals surface area (Å²) in [5.74, 6) is -0.186.